The summed E-state index contributed by atoms with van der Waals surface area (Å²) in [6.45, 7) is 7.21. The minimum Gasteiger partial charge on any atom is -0.456 e. The molecule has 3 atom stereocenters. The number of carbonyl (C=O) groups excluding carboxylic acids is 2. The molecule has 1 saturated carbocycles. The van der Waals surface area contributed by atoms with Gasteiger partial charge in [0.2, 0.25) is 0 Å². The van der Waals surface area contributed by atoms with E-state index < -0.39 is 38.2 Å². The van der Waals surface area contributed by atoms with E-state index in [1.165, 1.54) is 0 Å². The normalized spacial score (nSPS) is 19.9. The van der Waals surface area contributed by atoms with Gasteiger partial charge in [0.25, 0.3) is 8.32 Å². The van der Waals surface area contributed by atoms with Gasteiger partial charge >= 0.3 is 5.97 Å². The first-order valence-electron chi connectivity index (χ1n) is 15.5. The van der Waals surface area contributed by atoms with Crippen LogP contribution in [0.15, 0.2) is 91.0 Å². The van der Waals surface area contributed by atoms with Gasteiger partial charge in [-0.15, -0.1) is 0 Å². The summed E-state index contributed by atoms with van der Waals surface area (Å²) in [7, 11) is -2.90. The first-order valence-corrected chi connectivity index (χ1v) is 17.5. The van der Waals surface area contributed by atoms with Crippen LogP contribution < -0.4 is 10.4 Å². The van der Waals surface area contributed by atoms with Gasteiger partial charge in [-0.25, -0.2) is 4.79 Å². The molecule has 0 radical (unpaired) electrons. The van der Waals surface area contributed by atoms with Gasteiger partial charge in [0.05, 0.1) is 12.2 Å². The molecular formula is C36H44O6Si. The van der Waals surface area contributed by atoms with E-state index in [9.17, 15) is 9.59 Å². The molecule has 6 nitrogen and oxygen atoms in total. The summed E-state index contributed by atoms with van der Waals surface area (Å²) in [5.74, 6) is -1.52. The minimum atomic E-state index is -2.90. The molecular weight excluding hydrogens is 556 g/mol. The topological polar surface area (TPSA) is 71.1 Å². The van der Waals surface area contributed by atoms with Crippen LogP contribution in [0.1, 0.15) is 69.7 Å². The Morgan fingerprint density at radius 3 is 2.00 bits per heavy atom. The van der Waals surface area contributed by atoms with Crippen molar-refractivity contribution in [2.45, 2.75) is 82.3 Å². The molecule has 2 fully saturated rings. The third kappa shape index (κ3) is 6.85. The van der Waals surface area contributed by atoms with E-state index >= 15 is 0 Å². The van der Waals surface area contributed by atoms with Crippen molar-refractivity contribution in [3.05, 3.63) is 96.6 Å². The van der Waals surface area contributed by atoms with E-state index in [0.29, 0.717) is 12.2 Å². The Labute approximate surface area is 256 Å². The summed E-state index contributed by atoms with van der Waals surface area (Å²) in [6, 6.07) is 29.8. The second-order valence-corrected chi connectivity index (χ2v) is 17.1. The van der Waals surface area contributed by atoms with E-state index in [1.54, 1.807) is 12.1 Å². The first-order chi connectivity index (χ1) is 20.8. The number of aldehydes is 1. The Balaban J connectivity index is 1.50. The molecule has 228 valence electrons. The van der Waals surface area contributed by atoms with E-state index in [1.807, 2.05) is 30.3 Å². The van der Waals surface area contributed by atoms with E-state index in [-0.39, 0.29) is 18.1 Å². The first kappa shape index (κ1) is 31.3. The van der Waals surface area contributed by atoms with Crippen molar-refractivity contribution in [1.82, 2.24) is 0 Å². The fourth-order valence-electron chi connectivity index (χ4n) is 6.75. The molecule has 43 heavy (non-hydrogen) atoms. The molecule has 5 rings (SSSR count). The van der Waals surface area contributed by atoms with Crippen LogP contribution in [0.25, 0.3) is 0 Å². The molecule has 1 aliphatic heterocycles. The van der Waals surface area contributed by atoms with Gasteiger partial charge in [0.1, 0.15) is 18.5 Å². The van der Waals surface area contributed by atoms with Crippen molar-refractivity contribution < 1.29 is 28.2 Å². The van der Waals surface area contributed by atoms with Crippen LogP contribution in [0, 0.1) is 5.92 Å². The average Bonchev–Trinajstić information content (AvgIpc) is 3.43. The largest absolute Gasteiger partial charge is 0.456 e. The Hall–Kier alpha value is -3.10. The highest BCUT2D eigenvalue weighted by Gasteiger charge is 2.52. The van der Waals surface area contributed by atoms with Gasteiger partial charge in [-0.2, -0.15) is 0 Å². The highest BCUT2D eigenvalue weighted by molar-refractivity contribution is 6.99. The van der Waals surface area contributed by atoms with Crippen LogP contribution in [-0.2, 0) is 23.4 Å². The van der Waals surface area contributed by atoms with Crippen molar-refractivity contribution in [3.63, 3.8) is 0 Å². The molecule has 1 heterocycles. The summed E-state index contributed by atoms with van der Waals surface area (Å²) in [5.41, 5.74) is 0.455. The van der Waals surface area contributed by atoms with Crippen LogP contribution in [0.5, 0.6) is 0 Å². The molecule has 0 bridgehead atoms. The van der Waals surface area contributed by atoms with Gasteiger partial charge in [0, 0.05) is 31.8 Å². The van der Waals surface area contributed by atoms with E-state index in [0.717, 1.165) is 48.8 Å². The highest BCUT2D eigenvalue weighted by atomic mass is 28.4. The summed E-state index contributed by atoms with van der Waals surface area (Å²) in [6.07, 6.45) is 4.71. The molecule has 1 saturated heterocycles. The Kier molecular flexibility index (Phi) is 9.97. The lowest BCUT2D eigenvalue weighted by atomic mass is 9.93. The van der Waals surface area contributed by atoms with Crippen molar-refractivity contribution in [3.8, 4) is 0 Å². The third-order valence-corrected chi connectivity index (χ3v) is 13.9. The zero-order valence-electron chi connectivity index (χ0n) is 25.6. The summed E-state index contributed by atoms with van der Waals surface area (Å²) in [5, 5.41) is 2.06. The lowest BCUT2D eigenvalue weighted by Crippen LogP contribution is -2.67. The second-order valence-electron chi connectivity index (χ2n) is 12.8. The molecule has 3 aromatic rings. The number of ether oxygens (including phenoxy) is 3. The number of rotatable bonds is 11. The lowest BCUT2D eigenvalue weighted by Gasteiger charge is -2.44. The van der Waals surface area contributed by atoms with Crippen molar-refractivity contribution in [1.29, 1.82) is 0 Å². The summed E-state index contributed by atoms with van der Waals surface area (Å²) in [4.78, 5) is 25.6. The standard InChI is InChI=1S/C36H44O6Si/c1-35(2,3)43(30-18-10-5-11-19-30,31-20-12-6-13-21-31)40-26-29(22-25-37)33(41-34(38)28-16-8-4-9-17-28)32-27-39-36(42-32)23-14-7-15-24-36/h4-6,8-13,16-21,25,29,32-33H,7,14-15,22-24,26-27H2,1-3H3/t29-,32+,33-/m0/s1. The molecule has 1 aliphatic carbocycles. The molecule has 0 aromatic heterocycles. The highest BCUT2D eigenvalue weighted by Crippen LogP contribution is 2.41. The van der Waals surface area contributed by atoms with Crippen LogP contribution in [-0.4, -0.2) is 51.8 Å². The van der Waals surface area contributed by atoms with E-state index in [4.69, 9.17) is 18.6 Å². The predicted molar refractivity (Wildman–Crippen MR) is 170 cm³/mol. The number of hydrogen-bond acceptors (Lipinski definition) is 6. The van der Waals surface area contributed by atoms with Crippen molar-refractivity contribution in [2.75, 3.05) is 13.2 Å². The molecule has 7 heteroatoms. The molecule has 0 unspecified atom stereocenters. The van der Waals surface area contributed by atoms with Gasteiger partial charge in [-0.3, -0.25) is 0 Å². The number of carbonyl (C=O) groups is 2. The lowest BCUT2D eigenvalue weighted by molar-refractivity contribution is -0.199. The molecule has 0 N–H and O–H groups in total. The second kappa shape index (κ2) is 13.7. The number of benzene rings is 3. The van der Waals surface area contributed by atoms with Gasteiger partial charge in [-0.05, 0) is 40.4 Å². The molecule has 1 spiro atoms. The fraction of sp³-hybridized carbons (Fsp3) is 0.444. The van der Waals surface area contributed by atoms with Crippen LogP contribution in [0.2, 0.25) is 5.04 Å². The Morgan fingerprint density at radius 1 is 0.907 bits per heavy atom. The van der Waals surface area contributed by atoms with Crippen LogP contribution >= 0.6 is 0 Å². The summed E-state index contributed by atoms with van der Waals surface area (Å²) < 4.78 is 26.4. The summed E-state index contributed by atoms with van der Waals surface area (Å²) >= 11 is 0. The Morgan fingerprint density at radius 2 is 1.47 bits per heavy atom. The molecule has 2 aliphatic rings. The van der Waals surface area contributed by atoms with Gasteiger partial charge < -0.3 is 23.4 Å². The maximum atomic E-state index is 13.5. The number of esters is 1. The smallest absolute Gasteiger partial charge is 0.338 e. The quantitative estimate of drug-likeness (QED) is 0.151. The zero-order chi connectivity index (χ0) is 30.3. The maximum Gasteiger partial charge on any atom is 0.338 e. The van der Waals surface area contributed by atoms with Crippen LogP contribution in [0.3, 0.4) is 0 Å². The third-order valence-electron chi connectivity index (χ3n) is 8.91. The number of hydrogen-bond donors (Lipinski definition) is 0. The molecule has 3 aromatic carbocycles. The minimum absolute atomic E-state index is 0.164. The Bertz CT molecular complexity index is 1280. The van der Waals surface area contributed by atoms with Gasteiger partial charge in [-0.1, -0.05) is 106 Å². The zero-order valence-corrected chi connectivity index (χ0v) is 26.6. The SMILES string of the molecule is CC(C)(C)[Si](OC[C@H](CC=O)[C@H](OC(=O)c1ccccc1)[C@H]1COC2(CCCCC2)O1)(c1ccccc1)c1ccccc1. The van der Waals surface area contributed by atoms with Crippen molar-refractivity contribution in [2.24, 2.45) is 5.92 Å². The predicted octanol–water partition coefficient (Wildman–Crippen LogP) is 6.07. The average molecular weight is 601 g/mol. The fourth-order valence-corrected chi connectivity index (χ4v) is 11.4. The molecule has 0 amide bonds. The maximum absolute atomic E-state index is 13.5. The van der Waals surface area contributed by atoms with Gasteiger partial charge in [0.15, 0.2) is 5.79 Å². The van der Waals surface area contributed by atoms with Crippen LogP contribution in [0.4, 0.5) is 0 Å². The van der Waals surface area contributed by atoms with E-state index in [2.05, 4.69) is 69.3 Å². The monoisotopic (exact) mass is 600 g/mol. The van der Waals surface area contributed by atoms with Crippen molar-refractivity contribution >= 4 is 30.9 Å².